The van der Waals surface area contributed by atoms with Crippen LogP contribution in [0.2, 0.25) is 10.0 Å². The molecule has 0 aliphatic heterocycles. The summed E-state index contributed by atoms with van der Waals surface area (Å²) in [4.78, 5) is 12.1. The predicted octanol–water partition coefficient (Wildman–Crippen LogP) is 2.52. The van der Waals surface area contributed by atoms with Gasteiger partial charge in [-0.15, -0.1) is 0 Å². The van der Waals surface area contributed by atoms with Crippen LogP contribution in [-0.2, 0) is 0 Å². The summed E-state index contributed by atoms with van der Waals surface area (Å²) in [6, 6.07) is 10.4. The molecule has 0 bridgehead atoms. The molecule has 2 aromatic rings. The second-order valence-corrected chi connectivity index (χ2v) is 5.65. The Morgan fingerprint density at radius 1 is 1.17 bits per heavy atom. The van der Waals surface area contributed by atoms with Crippen molar-refractivity contribution in [3.63, 3.8) is 0 Å². The molecule has 23 heavy (non-hydrogen) atoms. The second-order valence-electron chi connectivity index (χ2n) is 4.42. The Bertz CT molecular complexity index is 756. The van der Waals surface area contributed by atoms with Gasteiger partial charge < -0.3 is 10.5 Å². The molecule has 1 unspecified atom stereocenters. The molecule has 0 fully saturated rings. The lowest BCUT2D eigenvalue weighted by atomic mass is 10.2. The standard InChI is InChI=1S/C14H11Cl2N3O3S/c15-11-5-4-9(7-12(11)16)17-14(23)18-13(20)8-2-1-3-10(6-8)19(21)22/h1-7,19,21H,(H2,17,18,20,23). The summed E-state index contributed by atoms with van der Waals surface area (Å²) in [7, 11) is 0. The van der Waals surface area contributed by atoms with Crippen LogP contribution in [0.3, 0.4) is 0 Å². The van der Waals surface area contributed by atoms with Gasteiger partial charge in [-0.2, -0.15) is 5.23 Å². The summed E-state index contributed by atoms with van der Waals surface area (Å²) in [6.45, 7) is 0. The maximum absolute atomic E-state index is 12.1. The SMILES string of the molecule is O=C(NC(=S)Nc1ccc(Cl)c(Cl)c1)c1cccc([NH+]([O-])O)c1. The lowest BCUT2D eigenvalue weighted by Gasteiger charge is -2.13. The van der Waals surface area contributed by atoms with Gasteiger partial charge in [0.1, 0.15) is 0 Å². The molecule has 0 aliphatic rings. The van der Waals surface area contributed by atoms with Gasteiger partial charge in [-0.1, -0.05) is 29.3 Å². The number of quaternary nitrogens is 1. The Kier molecular flexibility index (Phi) is 5.89. The van der Waals surface area contributed by atoms with Crippen LogP contribution in [0.5, 0.6) is 0 Å². The summed E-state index contributed by atoms with van der Waals surface area (Å²) in [6.07, 6.45) is 0. The zero-order chi connectivity index (χ0) is 17.0. The first kappa shape index (κ1) is 17.6. The van der Waals surface area contributed by atoms with E-state index in [0.717, 1.165) is 0 Å². The third-order valence-corrected chi connectivity index (χ3v) is 3.72. The molecule has 0 spiro atoms. The second kappa shape index (κ2) is 7.69. The number of halogens is 2. The highest BCUT2D eigenvalue weighted by Gasteiger charge is 2.11. The topological polar surface area (TPSA) is 88.9 Å². The van der Waals surface area contributed by atoms with Crippen molar-refractivity contribution in [3.8, 4) is 0 Å². The Labute approximate surface area is 147 Å². The van der Waals surface area contributed by atoms with Crippen molar-refractivity contribution in [1.82, 2.24) is 5.32 Å². The minimum atomic E-state index is -1.11. The largest absolute Gasteiger partial charge is 0.595 e. The highest BCUT2D eigenvalue weighted by atomic mass is 35.5. The molecule has 4 N–H and O–H groups in total. The Morgan fingerprint density at radius 3 is 2.57 bits per heavy atom. The van der Waals surface area contributed by atoms with Crippen LogP contribution < -0.4 is 15.9 Å². The maximum atomic E-state index is 12.1. The van der Waals surface area contributed by atoms with Crippen LogP contribution in [0.25, 0.3) is 0 Å². The van der Waals surface area contributed by atoms with E-state index in [-0.39, 0.29) is 16.4 Å². The van der Waals surface area contributed by atoms with E-state index in [9.17, 15) is 10.0 Å². The molecular formula is C14H11Cl2N3O3S. The number of carbonyl (C=O) groups excluding carboxylic acids is 1. The molecule has 6 nitrogen and oxygen atoms in total. The van der Waals surface area contributed by atoms with Crippen molar-refractivity contribution in [2.75, 3.05) is 5.32 Å². The molecule has 9 heteroatoms. The molecular weight excluding hydrogens is 361 g/mol. The van der Waals surface area contributed by atoms with E-state index in [0.29, 0.717) is 15.7 Å². The highest BCUT2D eigenvalue weighted by Crippen LogP contribution is 2.24. The van der Waals surface area contributed by atoms with Gasteiger partial charge >= 0.3 is 0 Å². The smallest absolute Gasteiger partial charge is 0.257 e. The fourth-order valence-corrected chi connectivity index (χ4v) is 2.21. The molecule has 1 atom stereocenters. The number of carbonyl (C=O) groups is 1. The van der Waals surface area contributed by atoms with Crippen LogP contribution >= 0.6 is 35.4 Å². The molecule has 0 aliphatic carbocycles. The average molecular weight is 372 g/mol. The minimum Gasteiger partial charge on any atom is -0.595 e. The number of rotatable bonds is 3. The monoisotopic (exact) mass is 371 g/mol. The molecule has 0 heterocycles. The molecule has 120 valence electrons. The first-order valence-electron chi connectivity index (χ1n) is 6.27. The minimum absolute atomic E-state index is 0.0148. The summed E-state index contributed by atoms with van der Waals surface area (Å²) in [5, 5.41) is 24.8. The highest BCUT2D eigenvalue weighted by molar-refractivity contribution is 7.80. The number of anilines is 1. The van der Waals surface area contributed by atoms with E-state index in [4.69, 9.17) is 40.6 Å². The molecule has 0 saturated heterocycles. The molecule has 2 aromatic carbocycles. The van der Waals surface area contributed by atoms with E-state index in [2.05, 4.69) is 10.6 Å². The number of hydrogen-bond acceptors (Lipinski definition) is 4. The van der Waals surface area contributed by atoms with Crippen molar-refractivity contribution >= 4 is 57.8 Å². The average Bonchev–Trinajstić information content (AvgIpc) is 2.51. The van der Waals surface area contributed by atoms with Crippen molar-refractivity contribution in [1.29, 1.82) is 0 Å². The van der Waals surface area contributed by atoms with Gasteiger partial charge in [0.25, 0.3) is 5.91 Å². The zero-order valence-electron chi connectivity index (χ0n) is 11.5. The third kappa shape index (κ3) is 4.87. The van der Waals surface area contributed by atoms with Crippen LogP contribution in [0, 0.1) is 5.21 Å². The lowest BCUT2D eigenvalue weighted by molar-refractivity contribution is -0.991. The normalized spacial score (nSPS) is 11.7. The summed E-state index contributed by atoms with van der Waals surface area (Å²) in [5.74, 6) is -0.523. The first-order valence-corrected chi connectivity index (χ1v) is 7.44. The Balaban J connectivity index is 2.03. The molecule has 0 radical (unpaired) electrons. The van der Waals surface area contributed by atoms with E-state index < -0.39 is 11.1 Å². The summed E-state index contributed by atoms with van der Waals surface area (Å²) >= 11 is 16.7. The summed E-state index contributed by atoms with van der Waals surface area (Å²) in [5.41, 5.74) is 0.758. The van der Waals surface area contributed by atoms with Crippen LogP contribution in [0.4, 0.5) is 11.4 Å². The number of thiocarbonyl (C=S) groups is 1. The molecule has 0 saturated carbocycles. The Hall–Kier alpha value is -1.74. The molecule has 2 rings (SSSR count). The van der Waals surface area contributed by atoms with Gasteiger partial charge in [-0.05, 0) is 36.5 Å². The maximum Gasteiger partial charge on any atom is 0.257 e. The lowest BCUT2D eigenvalue weighted by Crippen LogP contribution is -2.99. The van der Waals surface area contributed by atoms with E-state index in [1.165, 1.54) is 24.3 Å². The van der Waals surface area contributed by atoms with Gasteiger partial charge in [-0.25, -0.2) is 5.21 Å². The van der Waals surface area contributed by atoms with Gasteiger partial charge in [0.2, 0.25) is 0 Å². The van der Waals surface area contributed by atoms with E-state index in [1.54, 1.807) is 18.2 Å². The number of amides is 1. The zero-order valence-corrected chi connectivity index (χ0v) is 13.8. The first-order chi connectivity index (χ1) is 10.9. The molecule has 1 amide bonds. The van der Waals surface area contributed by atoms with Gasteiger partial charge in [0.15, 0.2) is 10.8 Å². The number of nitrogens with one attached hydrogen (secondary N) is 3. The van der Waals surface area contributed by atoms with Crippen LogP contribution in [0.1, 0.15) is 10.4 Å². The number of benzene rings is 2. The van der Waals surface area contributed by atoms with E-state index >= 15 is 0 Å². The van der Waals surface area contributed by atoms with Crippen LogP contribution in [0.15, 0.2) is 42.5 Å². The van der Waals surface area contributed by atoms with Crippen LogP contribution in [-0.4, -0.2) is 16.2 Å². The Morgan fingerprint density at radius 2 is 1.91 bits per heavy atom. The van der Waals surface area contributed by atoms with Crippen molar-refractivity contribution in [3.05, 3.63) is 63.3 Å². The summed E-state index contributed by atoms with van der Waals surface area (Å²) < 4.78 is 0. The van der Waals surface area contributed by atoms with Crippen molar-refractivity contribution in [2.45, 2.75) is 0 Å². The number of hydrogen-bond donors (Lipinski definition) is 4. The van der Waals surface area contributed by atoms with Gasteiger partial charge in [-0.3, -0.25) is 10.1 Å². The van der Waals surface area contributed by atoms with Crippen molar-refractivity contribution < 1.29 is 15.2 Å². The predicted molar refractivity (Wildman–Crippen MR) is 92.4 cm³/mol. The van der Waals surface area contributed by atoms with Gasteiger partial charge in [0.05, 0.1) is 10.0 Å². The fraction of sp³-hybridized carbons (Fsp3) is 0. The van der Waals surface area contributed by atoms with Crippen molar-refractivity contribution in [2.24, 2.45) is 0 Å². The molecule has 0 aromatic heterocycles. The quantitative estimate of drug-likeness (QED) is 0.491. The van der Waals surface area contributed by atoms with Gasteiger partial charge in [0, 0.05) is 23.4 Å². The fourth-order valence-electron chi connectivity index (χ4n) is 1.70. The third-order valence-electron chi connectivity index (χ3n) is 2.78. The van der Waals surface area contributed by atoms with E-state index in [1.807, 2.05) is 0 Å².